The van der Waals surface area contributed by atoms with Crippen LogP contribution in [0.3, 0.4) is 0 Å². The van der Waals surface area contributed by atoms with Crippen molar-refractivity contribution in [3.8, 4) is 11.1 Å². The van der Waals surface area contributed by atoms with Gasteiger partial charge in [-0.3, -0.25) is 9.36 Å². The Morgan fingerprint density at radius 3 is 2.74 bits per heavy atom. The van der Waals surface area contributed by atoms with Gasteiger partial charge in [-0.25, -0.2) is 9.37 Å². The molecule has 168 valence electrons. The molecule has 4 heterocycles. The lowest BCUT2D eigenvalue weighted by molar-refractivity contribution is 0.628. The van der Waals surface area contributed by atoms with E-state index in [9.17, 15) is 9.18 Å². The van der Waals surface area contributed by atoms with Crippen molar-refractivity contribution in [2.24, 2.45) is 0 Å². The predicted molar refractivity (Wildman–Crippen MR) is 127 cm³/mol. The lowest BCUT2D eigenvalue weighted by Gasteiger charge is -2.07. The molecular weight excluding hydrogens is 457 g/mol. The summed E-state index contributed by atoms with van der Waals surface area (Å²) < 4.78 is 16.4. The molecule has 0 spiro atoms. The molecule has 0 saturated heterocycles. The maximum atomic E-state index is 13.4. The first-order valence-corrected chi connectivity index (χ1v) is 11.0. The lowest BCUT2D eigenvalue weighted by Crippen LogP contribution is -2.23. The molecule has 0 aliphatic carbocycles. The molecule has 4 aromatic heterocycles. The highest BCUT2D eigenvalue weighted by atomic mass is 35.5. The van der Waals surface area contributed by atoms with Gasteiger partial charge in [0, 0.05) is 28.7 Å². The van der Waals surface area contributed by atoms with Crippen molar-refractivity contribution in [1.82, 2.24) is 34.3 Å². The molecule has 6 aromatic rings. The first-order valence-electron chi connectivity index (χ1n) is 10.6. The van der Waals surface area contributed by atoms with Crippen LogP contribution < -0.4 is 5.56 Å². The van der Waals surface area contributed by atoms with Gasteiger partial charge in [0.05, 0.1) is 11.3 Å². The van der Waals surface area contributed by atoms with Gasteiger partial charge >= 0.3 is 0 Å². The second kappa shape index (κ2) is 7.74. The number of benzene rings is 2. The van der Waals surface area contributed by atoms with E-state index in [4.69, 9.17) is 11.6 Å². The second-order valence-electron chi connectivity index (χ2n) is 8.07. The largest absolute Gasteiger partial charge is 0.361 e. The molecule has 0 unspecified atom stereocenters. The highest BCUT2D eigenvalue weighted by molar-refractivity contribution is 6.31. The van der Waals surface area contributed by atoms with Crippen molar-refractivity contribution in [2.45, 2.75) is 19.9 Å². The number of aromatic nitrogens is 7. The van der Waals surface area contributed by atoms with Gasteiger partial charge in [-0.2, -0.15) is 9.61 Å². The Hall–Kier alpha value is -4.11. The normalized spacial score (nSPS) is 11.7. The molecule has 0 fully saturated rings. The van der Waals surface area contributed by atoms with Gasteiger partial charge in [0.2, 0.25) is 0 Å². The van der Waals surface area contributed by atoms with Crippen LogP contribution in [0.1, 0.15) is 11.3 Å². The molecule has 0 radical (unpaired) electrons. The number of hydrogen-bond donors (Lipinski definition) is 1. The number of aryl methyl sites for hydroxylation is 3. The lowest BCUT2D eigenvalue weighted by atomic mass is 10.1. The van der Waals surface area contributed by atoms with E-state index in [1.54, 1.807) is 12.1 Å². The van der Waals surface area contributed by atoms with E-state index in [1.807, 2.05) is 31.3 Å². The number of fused-ring (bicyclic) bond motifs is 4. The van der Waals surface area contributed by atoms with E-state index in [0.717, 1.165) is 27.6 Å². The molecule has 0 bridgehead atoms. The van der Waals surface area contributed by atoms with Crippen LogP contribution in [0.5, 0.6) is 0 Å². The third-order valence-corrected chi connectivity index (χ3v) is 6.20. The number of aromatic amines is 1. The van der Waals surface area contributed by atoms with Gasteiger partial charge in [0.15, 0.2) is 16.8 Å². The van der Waals surface area contributed by atoms with E-state index < -0.39 is 0 Å². The van der Waals surface area contributed by atoms with Crippen LogP contribution >= 0.6 is 11.6 Å². The van der Waals surface area contributed by atoms with Gasteiger partial charge in [-0.1, -0.05) is 23.7 Å². The number of nitrogens with one attached hydrogen (secondary N) is 1. The molecule has 0 saturated carbocycles. The molecule has 0 amide bonds. The summed E-state index contributed by atoms with van der Waals surface area (Å²) in [5.41, 5.74) is 4.81. The van der Waals surface area contributed by atoms with Crippen molar-refractivity contribution in [1.29, 1.82) is 0 Å². The Kier molecular flexibility index (Phi) is 4.66. The van der Waals surface area contributed by atoms with Crippen LogP contribution in [-0.2, 0) is 13.0 Å². The quantitative estimate of drug-likeness (QED) is 0.411. The van der Waals surface area contributed by atoms with E-state index in [-0.39, 0.29) is 16.9 Å². The van der Waals surface area contributed by atoms with Crippen molar-refractivity contribution in [3.05, 3.63) is 87.4 Å². The third kappa shape index (κ3) is 3.24. The number of hydrogen-bond acceptors (Lipinski definition) is 5. The molecule has 0 aliphatic heterocycles. The van der Waals surface area contributed by atoms with Crippen LogP contribution in [0.4, 0.5) is 4.39 Å². The average Bonchev–Trinajstić information content (AvgIpc) is 3.39. The van der Waals surface area contributed by atoms with E-state index in [1.165, 1.54) is 27.5 Å². The zero-order valence-electron chi connectivity index (χ0n) is 18.0. The van der Waals surface area contributed by atoms with Gasteiger partial charge < -0.3 is 4.98 Å². The van der Waals surface area contributed by atoms with Gasteiger partial charge in [0.1, 0.15) is 12.1 Å². The molecular formula is C24H17ClFN7O. The maximum absolute atomic E-state index is 13.4. The summed E-state index contributed by atoms with van der Waals surface area (Å²) in [4.78, 5) is 20.9. The average molecular weight is 474 g/mol. The molecule has 8 nitrogen and oxygen atoms in total. The first kappa shape index (κ1) is 20.5. The fraction of sp³-hybridized carbons (Fsp3) is 0.125. The van der Waals surface area contributed by atoms with Crippen molar-refractivity contribution in [2.75, 3.05) is 0 Å². The molecule has 1 N–H and O–H groups in total. The first-order chi connectivity index (χ1) is 16.5. The van der Waals surface area contributed by atoms with Crippen LogP contribution in [0.2, 0.25) is 5.02 Å². The third-order valence-electron chi connectivity index (χ3n) is 5.96. The Balaban J connectivity index is 1.39. The monoisotopic (exact) mass is 473 g/mol. The number of H-pyrrole nitrogens is 1. The standard InChI is InChI=1S/C24H17ClFN7O/c1-13-20(14-2-5-17(26)6-3-14)22-30-29-21-23(33(22)31-13)28-12-32(24(21)34)9-8-15-11-27-19-7-4-16(25)10-18(15)19/h2-7,10-12,27H,8-9H2,1H3. The number of halogens is 2. The van der Waals surface area contributed by atoms with Crippen LogP contribution in [0, 0.1) is 12.7 Å². The minimum atomic E-state index is -0.327. The number of nitrogens with zero attached hydrogens (tertiary/aromatic N) is 6. The van der Waals surface area contributed by atoms with Crippen LogP contribution in [0.25, 0.3) is 38.8 Å². The van der Waals surface area contributed by atoms with Crippen LogP contribution in [-0.4, -0.2) is 34.3 Å². The van der Waals surface area contributed by atoms with Gasteiger partial charge in [-0.15, -0.1) is 10.2 Å². The minimum Gasteiger partial charge on any atom is -0.361 e. The zero-order valence-corrected chi connectivity index (χ0v) is 18.7. The Morgan fingerprint density at radius 1 is 1.09 bits per heavy atom. The zero-order chi connectivity index (χ0) is 23.4. The summed E-state index contributed by atoms with van der Waals surface area (Å²) in [5.74, 6) is -0.327. The van der Waals surface area contributed by atoms with Crippen molar-refractivity contribution < 1.29 is 4.39 Å². The molecule has 10 heteroatoms. The molecule has 34 heavy (non-hydrogen) atoms. The van der Waals surface area contributed by atoms with E-state index >= 15 is 0 Å². The highest BCUT2D eigenvalue weighted by Crippen LogP contribution is 2.28. The molecule has 0 atom stereocenters. The number of rotatable bonds is 4. The summed E-state index contributed by atoms with van der Waals surface area (Å²) >= 11 is 6.14. The van der Waals surface area contributed by atoms with Crippen molar-refractivity contribution >= 4 is 39.3 Å². The Bertz CT molecular complexity index is 1770. The van der Waals surface area contributed by atoms with Gasteiger partial charge in [-0.05, 0) is 54.8 Å². The second-order valence-corrected chi connectivity index (χ2v) is 8.51. The fourth-order valence-corrected chi connectivity index (χ4v) is 4.45. The predicted octanol–water partition coefficient (Wildman–Crippen LogP) is 4.33. The Morgan fingerprint density at radius 2 is 1.91 bits per heavy atom. The summed E-state index contributed by atoms with van der Waals surface area (Å²) in [6.45, 7) is 2.24. The smallest absolute Gasteiger partial charge is 0.283 e. The van der Waals surface area contributed by atoms with E-state index in [0.29, 0.717) is 35.0 Å². The minimum absolute atomic E-state index is 0.130. The topological polar surface area (TPSA) is 93.8 Å². The fourth-order valence-electron chi connectivity index (χ4n) is 4.28. The molecule has 0 aliphatic rings. The van der Waals surface area contributed by atoms with Gasteiger partial charge in [0.25, 0.3) is 5.56 Å². The molecule has 6 rings (SSSR count). The van der Waals surface area contributed by atoms with Crippen molar-refractivity contribution in [3.63, 3.8) is 0 Å². The summed E-state index contributed by atoms with van der Waals surface area (Å²) in [7, 11) is 0. The highest BCUT2D eigenvalue weighted by Gasteiger charge is 2.18. The van der Waals surface area contributed by atoms with Crippen LogP contribution in [0.15, 0.2) is 59.8 Å². The Labute approximate surface area is 196 Å². The summed E-state index contributed by atoms with van der Waals surface area (Å²) in [5, 5.41) is 14.7. The summed E-state index contributed by atoms with van der Waals surface area (Å²) in [6, 6.07) is 11.8. The summed E-state index contributed by atoms with van der Waals surface area (Å²) in [6.07, 6.45) is 4.04. The van der Waals surface area contributed by atoms with E-state index in [2.05, 4.69) is 25.3 Å². The maximum Gasteiger partial charge on any atom is 0.283 e. The SMILES string of the molecule is Cc1nn2c(nnc3c(=O)n(CCc4c[nH]c5ccc(Cl)cc45)cnc32)c1-c1ccc(F)cc1. The molecule has 2 aromatic carbocycles.